The van der Waals surface area contributed by atoms with Crippen molar-refractivity contribution in [1.29, 1.82) is 0 Å². The van der Waals surface area contributed by atoms with E-state index in [1.54, 1.807) is 29.2 Å². The Labute approximate surface area is 156 Å². The summed E-state index contributed by atoms with van der Waals surface area (Å²) in [5.41, 5.74) is 8.39. The molecule has 1 aromatic carbocycles. The standard InChI is InChI=1S/C17H15N7O.C2H6/c1-11-4-2-3-5-13(11)24-15(6-8-19-24)22-17(25)12-10-20-23-9-7-14(18)21-16(12)23;1-2/h2-10H,1H3,(H2,18,21)(H,22,25);1-2H3. The van der Waals surface area contributed by atoms with E-state index < -0.39 is 0 Å². The van der Waals surface area contributed by atoms with Crippen LogP contribution in [0, 0.1) is 6.92 Å². The number of hydrogen-bond donors (Lipinski definition) is 2. The van der Waals surface area contributed by atoms with Gasteiger partial charge >= 0.3 is 0 Å². The van der Waals surface area contributed by atoms with Gasteiger partial charge in [0.05, 0.1) is 18.1 Å². The van der Waals surface area contributed by atoms with Gasteiger partial charge < -0.3 is 11.1 Å². The summed E-state index contributed by atoms with van der Waals surface area (Å²) in [7, 11) is 0. The molecule has 4 aromatic rings. The predicted molar refractivity (Wildman–Crippen MR) is 105 cm³/mol. The minimum Gasteiger partial charge on any atom is -0.384 e. The van der Waals surface area contributed by atoms with Crippen LogP contribution in [0.1, 0.15) is 29.8 Å². The number of rotatable bonds is 3. The summed E-state index contributed by atoms with van der Waals surface area (Å²) in [4.78, 5) is 16.9. The first-order chi connectivity index (χ1) is 13.1. The van der Waals surface area contributed by atoms with Crippen molar-refractivity contribution in [3.63, 3.8) is 0 Å². The number of aryl methyl sites for hydroxylation is 1. The van der Waals surface area contributed by atoms with Crippen LogP contribution in [0.25, 0.3) is 11.3 Å². The molecule has 0 atom stereocenters. The average Bonchev–Trinajstić information content (AvgIpc) is 3.30. The maximum absolute atomic E-state index is 12.7. The zero-order chi connectivity index (χ0) is 19.4. The van der Waals surface area contributed by atoms with Crippen molar-refractivity contribution in [3.8, 4) is 5.69 Å². The number of anilines is 2. The lowest BCUT2D eigenvalue weighted by atomic mass is 10.2. The highest BCUT2D eigenvalue weighted by molar-refractivity contribution is 6.07. The number of nitrogens with two attached hydrogens (primary N) is 1. The number of aromatic nitrogens is 5. The first-order valence-electron chi connectivity index (χ1n) is 8.65. The van der Waals surface area contributed by atoms with E-state index in [2.05, 4.69) is 20.5 Å². The van der Waals surface area contributed by atoms with Gasteiger partial charge in [-0.1, -0.05) is 32.0 Å². The highest BCUT2D eigenvalue weighted by Gasteiger charge is 2.17. The van der Waals surface area contributed by atoms with Gasteiger partial charge in [0.1, 0.15) is 17.2 Å². The van der Waals surface area contributed by atoms with Crippen LogP contribution >= 0.6 is 0 Å². The maximum atomic E-state index is 12.7. The van der Waals surface area contributed by atoms with E-state index >= 15 is 0 Å². The molecule has 0 fully saturated rings. The molecule has 0 unspecified atom stereocenters. The van der Waals surface area contributed by atoms with Gasteiger partial charge in [-0.2, -0.15) is 10.2 Å². The molecule has 1 amide bonds. The molecule has 3 heterocycles. The van der Waals surface area contributed by atoms with E-state index in [-0.39, 0.29) is 5.91 Å². The fourth-order valence-electron chi connectivity index (χ4n) is 2.62. The zero-order valence-electron chi connectivity index (χ0n) is 15.4. The monoisotopic (exact) mass is 363 g/mol. The fraction of sp³-hybridized carbons (Fsp3) is 0.158. The van der Waals surface area contributed by atoms with Crippen LogP contribution < -0.4 is 11.1 Å². The summed E-state index contributed by atoms with van der Waals surface area (Å²) < 4.78 is 3.19. The molecule has 3 aromatic heterocycles. The summed E-state index contributed by atoms with van der Waals surface area (Å²) in [6, 6.07) is 11.2. The van der Waals surface area contributed by atoms with Crippen molar-refractivity contribution in [3.05, 3.63) is 66.1 Å². The molecule has 8 heteroatoms. The van der Waals surface area contributed by atoms with Crippen LogP contribution in [0.5, 0.6) is 0 Å². The number of nitrogens with zero attached hydrogens (tertiary/aromatic N) is 5. The summed E-state index contributed by atoms with van der Waals surface area (Å²) in [6.45, 7) is 5.99. The van der Waals surface area contributed by atoms with Gasteiger partial charge in [-0.25, -0.2) is 14.2 Å². The number of carbonyl (C=O) groups is 1. The van der Waals surface area contributed by atoms with Crippen LogP contribution in [0.15, 0.2) is 55.0 Å². The SMILES string of the molecule is CC.Cc1ccccc1-n1nccc1NC(=O)c1cnn2ccc(N)nc12. The second kappa shape index (κ2) is 7.69. The number of carbonyl (C=O) groups excluding carboxylic acids is 1. The summed E-state index contributed by atoms with van der Waals surface area (Å²) in [5.74, 6) is 0.554. The van der Waals surface area contributed by atoms with Crippen molar-refractivity contribution >= 4 is 23.2 Å². The molecule has 0 saturated heterocycles. The van der Waals surface area contributed by atoms with Crippen molar-refractivity contribution < 1.29 is 4.79 Å². The minimum atomic E-state index is -0.330. The minimum absolute atomic E-state index is 0.326. The van der Waals surface area contributed by atoms with Crippen molar-refractivity contribution in [2.24, 2.45) is 0 Å². The fourth-order valence-corrected chi connectivity index (χ4v) is 2.62. The van der Waals surface area contributed by atoms with Crippen LogP contribution in [-0.2, 0) is 0 Å². The van der Waals surface area contributed by atoms with Gasteiger partial charge in [-0.3, -0.25) is 4.79 Å². The number of amides is 1. The number of nitrogen functional groups attached to an aromatic ring is 1. The molecule has 3 N–H and O–H groups in total. The molecule has 0 aliphatic carbocycles. The van der Waals surface area contributed by atoms with Crippen molar-refractivity contribution in [2.75, 3.05) is 11.1 Å². The molecule has 27 heavy (non-hydrogen) atoms. The quantitative estimate of drug-likeness (QED) is 0.582. The lowest BCUT2D eigenvalue weighted by molar-refractivity contribution is 0.102. The Balaban J connectivity index is 0.00000102. The van der Waals surface area contributed by atoms with E-state index in [0.717, 1.165) is 11.3 Å². The van der Waals surface area contributed by atoms with Crippen molar-refractivity contribution in [2.45, 2.75) is 20.8 Å². The van der Waals surface area contributed by atoms with E-state index in [1.807, 2.05) is 45.0 Å². The van der Waals surface area contributed by atoms with E-state index in [9.17, 15) is 4.79 Å². The van der Waals surface area contributed by atoms with Crippen LogP contribution in [0.2, 0.25) is 0 Å². The van der Waals surface area contributed by atoms with E-state index in [1.165, 1.54) is 10.7 Å². The normalized spacial score (nSPS) is 10.3. The molecule has 138 valence electrons. The Morgan fingerprint density at radius 2 is 1.89 bits per heavy atom. The topological polar surface area (TPSA) is 103 Å². The third kappa shape index (κ3) is 3.50. The first kappa shape index (κ1) is 18.1. The molecule has 0 spiro atoms. The molecule has 0 aliphatic rings. The molecule has 4 rings (SSSR count). The number of hydrogen-bond acceptors (Lipinski definition) is 5. The Morgan fingerprint density at radius 3 is 2.67 bits per heavy atom. The average molecular weight is 363 g/mol. The lowest BCUT2D eigenvalue weighted by Gasteiger charge is -2.10. The Hall–Kier alpha value is -3.68. The molecule has 0 aliphatic heterocycles. The van der Waals surface area contributed by atoms with E-state index in [4.69, 9.17) is 5.73 Å². The Bertz CT molecular complexity index is 1080. The first-order valence-corrected chi connectivity index (χ1v) is 8.65. The summed E-state index contributed by atoms with van der Waals surface area (Å²) in [6.07, 6.45) is 4.76. The van der Waals surface area contributed by atoms with Crippen LogP contribution in [-0.4, -0.2) is 30.3 Å². The predicted octanol–water partition coefficient (Wildman–Crippen LogP) is 3.08. The molecular formula is C19H21N7O. The van der Waals surface area contributed by atoms with Gasteiger partial charge in [0.2, 0.25) is 0 Å². The smallest absolute Gasteiger partial charge is 0.262 e. The van der Waals surface area contributed by atoms with Gasteiger partial charge in [0.25, 0.3) is 5.91 Å². The van der Waals surface area contributed by atoms with Gasteiger partial charge in [-0.15, -0.1) is 0 Å². The molecular weight excluding hydrogens is 342 g/mol. The molecule has 0 saturated carbocycles. The molecule has 0 bridgehead atoms. The Kier molecular flexibility index (Phi) is 5.16. The summed E-state index contributed by atoms with van der Waals surface area (Å²) in [5, 5.41) is 11.3. The van der Waals surface area contributed by atoms with Gasteiger partial charge in [0, 0.05) is 12.3 Å². The van der Waals surface area contributed by atoms with E-state index in [0.29, 0.717) is 22.8 Å². The number of para-hydroxylation sites is 1. The largest absolute Gasteiger partial charge is 0.384 e. The van der Waals surface area contributed by atoms with Crippen molar-refractivity contribution in [1.82, 2.24) is 24.4 Å². The number of nitrogens with one attached hydrogen (secondary N) is 1. The molecule has 8 nitrogen and oxygen atoms in total. The molecule has 0 radical (unpaired) electrons. The van der Waals surface area contributed by atoms with Crippen LogP contribution in [0.4, 0.5) is 11.6 Å². The Morgan fingerprint density at radius 1 is 1.11 bits per heavy atom. The lowest BCUT2D eigenvalue weighted by Crippen LogP contribution is -2.15. The summed E-state index contributed by atoms with van der Waals surface area (Å²) >= 11 is 0. The highest BCUT2D eigenvalue weighted by atomic mass is 16.1. The van der Waals surface area contributed by atoms with Gasteiger partial charge in [0.15, 0.2) is 5.65 Å². The number of benzene rings is 1. The second-order valence-electron chi connectivity index (χ2n) is 5.55. The number of fused-ring (bicyclic) bond motifs is 1. The third-order valence-electron chi connectivity index (χ3n) is 3.86. The zero-order valence-corrected chi connectivity index (χ0v) is 15.4. The highest BCUT2D eigenvalue weighted by Crippen LogP contribution is 2.19. The maximum Gasteiger partial charge on any atom is 0.262 e. The second-order valence-corrected chi connectivity index (χ2v) is 5.55. The van der Waals surface area contributed by atoms with Gasteiger partial charge in [-0.05, 0) is 24.6 Å². The third-order valence-corrected chi connectivity index (χ3v) is 3.86. The van der Waals surface area contributed by atoms with Crippen LogP contribution in [0.3, 0.4) is 0 Å².